The summed E-state index contributed by atoms with van der Waals surface area (Å²) in [5.41, 5.74) is 6.46. The maximum Gasteiger partial charge on any atom is 0.214 e. The number of nitrogen functional groups attached to an aromatic ring is 1. The topological polar surface area (TPSA) is 95.4 Å². The van der Waals surface area contributed by atoms with Crippen LogP contribution in [0.2, 0.25) is 0 Å². The lowest BCUT2D eigenvalue weighted by atomic mass is 10.3. The molecule has 19 heavy (non-hydrogen) atoms. The summed E-state index contributed by atoms with van der Waals surface area (Å²) >= 11 is 2.86. The van der Waals surface area contributed by atoms with Crippen molar-refractivity contribution in [3.05, 3.63) is 35.3 Å². The Kier molecular flexibility index (Phi) is 3.38. The van der Waals surface area contributed by atoms with Gasteiger partial charge in [0.05, 0.1) is 11.4 Å². The quantitative estimate of drug-likeness (QED) is 0.725. The van der Waals surface area contributed by atoms with Gasteiger partial charge in [-0.1, -0.05) is 41.3 Å². The van der Waals surface area contributed by atoms with Crippen LogP contribution < -0.4 is 5.73 Å². The van der Waals surface area contributed by atoms with E-state index in [9.17, 15) is 0 Å². The molecular weight excluding hydrogens is 282 g/mol. The number of benzene rings is 1. The first kappa shape index (κ1) is 12.1. The fraction of sp³-hybridized carbons (Fsp3) is 0.100. The Hall–Kier alpha value is -2.00. The molecule has 0 atom stereocenters. The maximum atomic E-state index is 5.54. The third-order valence-electron chi connectivity index (χ3n) is 2.25. The highest BCUT2D eigenvalue weighted by Crippen LogP contribution is 2.24. The predicted molar refractivity (Wildman–Crippen MR) is 73.0 cm³/mol. The number of tetrazole rings is 1. The lowest BCUT2D eigenvalue weighted by Gasteiger charge is -2.02. The standard InChI is InChI=1S/C10H9N7S2/c11-9-13-12-8(19-9)6-18-10-14-15-16-17(10)7-4-2-1-3-5-7/h1-5H,6H2,(H2,11,13). The Bertz CT molecular complexity index is 663. The van der Waals surface area contributed by atoms with Crippen LogP contribution >= 0.6 is 23.1 Å². The summed E-state index contributed by atoms with van der Waals surface area (Å²) in [6, 6.07) is 9.73. The maximum absolute atomic E-state index is 5.54. The summed E-state index contributed by atoms with van der Waals surface area (Å²) in [5.74, 6) is 0.641. The molecule has 0 aliphatic rings. The van der Waals surface area contributed by atoms with E-state index in [4.69, 9.17) is 5.73 Å². The van der Waals surface area contributed by atoms with Crippen molar-refractivity contribution in [2.45, 2.75) is 10.9 Å². The van der Waals surface area contributed by atoms with Gasteiger partial charge in [-0.05, 0) is 22.6 Å². The van der Waals surface area contributed by atoms with Gasteiger partial charge in [0.2, 0.25) is 10.3 Å². The zero-order valence-corrected chi connectivity index (χ0v) is 11.3. The number of para-hydroxylation sites is 1. The molecule has 96 valence electrons. The predicted octanol–water partition coefficient (Wildman–Crippen LogP) is 1.39. The van der Waals surface area contributed by atoms with Gasteiger partial charge in [0.15, 0.2) is 0 Å². The van der Waals surface area contributed by atoms with E-state index in [1.165, 1.54) is 23.1 Å². The molecule has 0 saturated carbocycles. The molecule has 0 radical (unpaired) electrons. The van der Waals surface area contributed by atoms with Crippen LogP contribution in [0.5, 0.6) is 0 Å². The fourth-order valence-electron chi connectivity index (χ4n) is 1.45. The van der Waals surface area contributed by atoms with Gasteiger partial charge >= 0.3 is 0 Å². The zero-order valence-electron chi connectivity index (χ0n) is 9.67. The van der Waals surface area contributed by atoms with Crippen LogP contribution in [0.4, 0.5) is 5.13 Å². The van der Waals surface area contributed by atoms with Gasteiger partial charge in [0.25, 0.3) is 0 Å². The molecule has 0 aliphatic carbocycles. The molecule has 7 nitrogen and oxygen atoms in total. The number of nitrogens with zero attached hydrogens (tertiary/aromatic N) is 6. The smallest absolute Gasteiger partial charge is 0.214 e. The molecule has 0 fully saturated rings. The van der Waals surface area contributed by atoms with Gasteiger partial charge < -0.3 is 5.73 Å². The summed E-state index contributed by atoms with van der Waals surface area (Å²) in [4.78, 5) is 0. The number of nitrogens with two attached hydrogens (primary N) is 1. The Labute approximate surface area is 116 Å². The normalized spacial score (nSPS) is 10.7. The molecule has 2 aromatic heterocycles. The molecule has 3 aromatic rings. The minimum atomic E-state index is 0.471. The first-order chi connectivity index (χ1) is 9.33. The average Bonchev–Trinajstić information content (AvgIpc) is 3.06. The summed E-state index contributed by atoms with van der Waals surface area (Å²) in [6.45, 7) is 0. The van der Waals surface area contributed by atoms with E-state index in [-0.39, 0.29) is 0 Å². The van der Waals surface area contributed by atoms with Gasteiger partial charge in [-0.15, -0.1) is 15.3 Å². The van der Waals surface area contributed by atoms with Crippen LogP contribution in [0.3, 0.4) is 0 Å². The Morgan fingerprint density at radius 3 is 2.74 bits per heavy atom. The van der Waals surface area contributed by atoms with Crippen molar-refractivity contribution in [1.82, 2.24) is 30.4 Å². The second kappa shape index (κ2) is 5.33. The van der Waals surface area contributed by atoms with Crippen LogP contribution in [0.15, 0.2) is 35.5 Å². The van der Waals surface area contributed by atoms with Crippen molar-refractivity contribution in [2.75, 3.05) is 5.73 Å². The first-order valence-electron chi connectivity index (χ1n) is 5.37. The molecule has 0 unspecified atom stereocenters. The van der Waals surface area contributed by atoms with Crippen LogP contribution in [-0.4, -0.2) is 30.4 Å². The van der Waals surface area contributed by atoms with E-state index in [2.05, 4.69) is 25.7 Å². The molecule has 2 N–H and O–H groups in total. The number of aromatic nitrogens is 6. The van der Waals surface area contributed by atoms with Gasteiger partial charge in [-0.25, -0.2) is 0 Å². The van der Waals surface area contributed by atoms with Crippen LogP contribution in [0.25, 0.3) is 5.69 Å². The minimum Gasteiger partial charge on any atom is -0.374 e. The average molecular weight is 291 g/mol. The highest BCUT2D eigenvalue weighted by Gasteiger charge is 2.10. The van der Waals surface area contributed by atoms with Crippen molar-refractivity contribution in [3.63, 3.8) is 0 Å². The summed E-state index contributed by atoms with van der Waals surface area (Å²) in [5, 5.41) is 21.5. The van der Waals surface area contributed by atoms with Crippen molar-refractivity contribution in [2.24, 2.45) is 0 Å². The number of thioether (sulfide) groups is 1. The fourth-order valence-corrected chi connectivity index (χ4v) is 2.94. The summed E-state index contributed by atoms with van der Waals surface area (Å²) in [6.07, 6.45) is 0. The highest BCUT2D eigenvalue weighted by molar-refractivity contribution is 7.98. The SMILES string of the molecule is Nc1nnc(CSc2nnnn2-c2ccccc2)s1. The van der Waals surface area contributed by atoms with Crippen molar-refractivity contribution < 1.29 is 0 Å². The van der Waals surface area contributed by atoms with Crippen molar-refractivity contribution in [1.29, 1.82) is 0 Å². The molecule has 2 heterocycles. The number of hydrogen-bond donors (Lipinski definition) is 1. The highest BCUT2D eigenvalue weighted by atomic mass is 32.2. The largest absolute Gasteiger partial charge is 0.374 e. The molecule has 9 heteroatoms. The molecule has 0 saturated heterocycles. The molecule has 1 aromatic carbocycles. The van der Waals surface area contributed by atoms with E-state index < -0.39 is 0 Å². The number of anilines is 1. The summed E-state index contributed by atoms with van der Waals surface area (Å²) < 4.78 is 1.69. The van der Waals surface area contributed by atoms with E-state index in [1.807, 2.05) is 30.3 Å². The molecule has 0 amide bonds. The Morgan fingerprint density at radius 2 is 2.00 bits per heavy atom. The van der Waals surface area contributed by atoms with Crippen molar-refractivity contribution >= 4 is 28.2 Å². The van der Waals surface area contributed by atoms with Gasteiger partial charge in [0.1, 0.15) is 5.01 Å². The lowest BCUT2D eigenvalue weighted by Crippen LogP contribution is -1.98. The van der Waals surface area contributed by atoms with Crippen LogP contribution in [-0.2, 0) is 5.75 Å². The molecular formula is C10H9N7S2. The molecule has 0 aliphatic heterocycles. The van der Waals surface area contributed by atoms with E-state index >= 15 is 0 Å². The number of hydrogen-bond acceptors (Lipinski definition) is 8. The van der Waals surface area contributed by atoms with Crippen LogP contribution in [0, 0.1) is 0 Å². The first-order valence-corrected chi connectivity index (χ1v) is 7.17. The van der Waals surface area contributed by atoms with Crippen molar-refractivity contribution in [3.8, 4) is 5.69 Å². The zero-order chi connectivity index (χ0) is 13.1. The third kappa shape index (κ3) is 2.71. The van der Waals surface area contributed by atoms with Crippen LogP contribution in [0.1, 0.15) is 5.01 Å². The molecule has 0 bridgehead atoms. The second-order valence-corrected chi connectivity index (χ2v) is 5.57. The number of rotatable bonds is 4. The summed E-state index contributed by atoms with van der Waals surface area (Å²) in [7, 11) is 0. The van der Waals surface area contributed by atoms with E-state index in [1.54, 1.807) is 4.68 Å². The molecule has 3 rings (SSSR count). The van der Waals surface area contributed by atoms with E-state index in [0.29, 0.717) is 16.0 Å². The van der Waals surface area contributed by atoms with E-state index in [0.717, 1.165) is 10.7 Å². The minimum absolute atomic E-state index is 0.471. The Balaban J connectivity index is 1.77. The third-order valence-corrected chi connectivity index (χ3v) is 4.11. The Morgan fingerprint density at radius 1 is 1.16 bits per heavy atom. The lowest BCUT2D eigenvalue weighted by molar-refractivity contribution is 0.756. The van der Waals surface area contributed by atoms with Gasteiger partial charge in [-0.2, -0.15) is 4.68 Å². The van der Waals surface area contributed by atoms with Gasteiger partial charge in [-0.3, -0.25) is 0 Å². The molecule has 0 spiro atoms. The monoisotopic (exact) mass is 291 g/mol. The second-order valence-electron chi connectivity index (χ2n) is 3.53. The van der Waals surface area contributed by atoms with Gasteiger partial charge in [0, 0.05) is 0 Å².